The van der Waals surface area contributed by atoms with Crippen LogP contribution in [0.15, 0.2) is 217 Å². The second-order valence-corrected chi connectivity index (χ2v) is 17.3. The molecular weight excluding hydrogens is 799 g/mol. The average Bonchev–Trinajstić information content (AvgIpc) is 3.94. The third-order valence-corrected chi connectivity index (χ3v) is 13.7. The quantitative estimate of drug-likeness (QED) is 0.157. The number of pyridine rings is 1. The molecule has 0 fully saturated rings. The van der Waals surface area contributed by atoms with Crippen molar-refractivity contribution in [1.29, 1.82) is 0 Å². The van der Waals surface area contributed by atoms with Crippen molar-refractivity contribution in [2.24, 2.45) is 0 Å². The van der Waals surface area contributed by atoms with Gasteiger partial charge in [0.05, 0.1) is 22.6 Å². The van der Waals surface area contributed by atoms with Crippen molar-refractivity contribution in [3.63, 3.8) is 0 Å². The lowest BCUT2D eigenvalue weighted by Crippen LogP contribution is -1.96. The highest BCUT2D eigenvalue weighted by Gasteiger charge is 2.22. The summed E-state index contributed by atoms with van der Waals surface area (Å²) in [5, 5.41) is 7.99. The summed E-state index contributed by atoms with van der Waals surface area (Å²) in [5.41, 5.74) is 14.0. The fourth-order valence-electron chi connectivity index (χ4n) is 9.48. The molecule has 0 bridgehead atoms. The molecule has 0 aliphatic carbocycles. The van der Waals surface area contributed by atoms with Crippen LogP contribution >= 0.6 is 11.3 Å². The third kappa shape index (κ3) is 5.93. The lowest BCUT2D eigenvalue weighted by molar-refractivity contribution is 0.669. The zero-order chi connectivity index (χ0) is 42.1. The molecule has 0 N–H and O–H groups in total. The second-order valence-electron chi connectivity index (χ2n) is 16.3. The summed E-state index contributed by atoms with van der Waals surface area (Å²) in [5.74, 6) is 0.691. The van der Waals surface area contributed by atoms with Crippen LogP contribution in [-0.2, 0) is 0 Å². The minimum Gasteiger partial charge on any atom is -0.456 e. The van der Waals surface area contributed by atoms with Gasteiger partial charge in [0, 0.05) is 74.9 Å². The van der Waals surface area contributed by atoms with Crippen LogP contribution in [0.25, 0.3) is 131 Å². The first-order valence-electron chi connectivity index (χ1n) is 21.5. The van der Waals surface area contributed by atoms with E-state index < -0.39 is 0 Å². The van der Waals surface area contributed by atoms with Crippen LogP contribution in [0, 0.1) is 0 Å². The number of furan rings is 1. The minimum absolute atomic E-state index is 0.691. The van der Waals surface area contributed by atoms with Gasteiger partial charge in [0.25, 0.3) is 0 Å². The number of para-hydroxylation sites is 2. The molecule has 5 heteroatoms. The highest BCUT2D eigenvalue weighted by molar-refractivity contribution is 7.26. The Morgan fingerprint density at radius 1 is 0.359 bits per heavy atom. The number of hydrogen-bond acceptors (Lipinski definition) is 5. The molecule has 0 radical (unpaired) electrons. The fourth-order valence-corrected chi connectivity index (χ4v) is 10.7. The van der Waals surface area contributed by atoms with Crippen molar-refractivity contribution in [2.45, 2.75) is 0 Å². The van der Waals surface area contributed by atoms with E-state index >= 15 is 0 Å². The summed E-state index contributed by atoms with van der Waals surface area (Å²) < 4.78 is 9.18. The molecule has 13 rings (SSSR count). The molecule has 0 atom stereocenters. The van der Waals surface area contributed by atoms with Gasteiger partial charge in [-0.25, -0.2) is 15.0 Å². The van der Waals surface area contributed by atoms with Crippen LogP contribution < -0.4 is 0 Å². The van der Waals surface area contributed by atoms with Gasteiger partial charge < -0.3 is 4.42 Å². The average molecular weight is 834 g/mol. The smallest absolute Gasteiger partial charge is 0.160 e. The SMILES string of the molecule is c1ccc(-c2ccc(-c3c4c(cc5c(-c6ccc(-c7cc(-c8cccc9c8sc8ccccc89)nc(-c8ccccc8)n7)cc6)nc6ccccc6c35)oc3ccccc34)cc2)cc1. The van der Waals surface area contributed by atoms with Gasteiger partial charge in [0.2, 0.25) is 0 Å². The largest absolute Gasteiger partial charge is 0.456 e. The molecule has 4 heterocycles. The Labute approximate surface area is 372 Å². The number of hydrogen-bond donors (Lipinski definition) is 0. The Morgan fingerprint density at radius 3 is 1.78 bits per heavy atom. The number of aromatic nitrogens is 3. The number of fused-ring (bicyclic) bond motifs is 9. The molecule has 0 saturated heterocycles. The fraction of sp³-hybridized carbons (Fsp3) is 0. The Kier molecular flexibility index (Phi) is 8.36. The Balaban J connectivity index is 1.00. The van der Waals surface area contributed by atoms with E-state index in [0.717, 1.165) is 94.1 Å². The van der Waals surface area contributed by atoms with Crippen LogP contribution in [-0.4, -0.2) is 15.0 Å². The molecule has 13 aromatic rings. The molecule has 0 aliphatic heterocycles. The molecule has 64 heavy (non-hydrogen) atoms. The zero-order valence-corrected chi connectivity index (χ0v) is 35.2. The summed E-state index contributed by atoms with van der Waals surface area (Å²) in [6.45, 7) is 0. The summed E-state index contributed by atoms with van der Waals surface area (Å²) in [6, 6.07) is 74.8. The van der Waals surface area contributed by atoms with Crippen LogP contribution in [0.4, 0.5) is 0 Å². The lowest BCUT2D eigenvalue weighted by Gasteiger charge is -2.16. The standard InChI is InChI=1S/C59H35N3OS/c1-3-14-36(15-4-1)37-26-30-39(31-27-37)54-55-44-19-7-10-23-48(44)60-57(47(55)34-52-56(54)46-20-8-11-24-51(46)63-52)40-32-28-38(29-33-40)49-35-50(62-59(61-49)41-16-5-2-6-17-41)45-22-13-21-43-42-18-9-12-25-53(42)64-58(43)45/h1-35H. The summed E-state index contributed by atoms with van der Waals surface area (Å²) in [6.07, 6.45) is 0. The van der Waals surface area contributed by atoms with E-state index in [2.05, 4.69) is 188 Å². The van der Waals surface area contributed by atoms with Crippen molar-refractivity contribution in [3.05, 3.63) is 212 Å². The number of thiophene rings is 1. The molecule has 4 aromatic heterocycles. The first-order chi connectivity index (χ1) is 31.7. The maximum atomic E-state index is 6.69. The molecule has 0 amide bonds. The first kappa shape index (κ1) is 36.4. The molecule has 4 nitrogen and oxygen atoms in total. The van der Waals surface area contributed by atoms with Crippen molar-refractivity contribution < 1.29 is 4.42 Å². The second kappa shape index (κ2) is 14.7. The summed E-state index contributed by atoms with van der Waals surface area (Å²) in [7, 11) is 0. The van der Waals surface area contributed by atoms with Crippen molar-refractivity contribution in [1.82, 2.24) is 15.0 Å². The highest BCUT2D eigenvalue weighted by Crippen LogP contribution is 2.47. The predicted molar refractivity (Wildman–Crippen MR) is 268 cm³/mol. The maximum absolute atomic E-state index is 6.69. The molecule has 0 saturated carbocycles. The normalized spacial score (nSPS) is 11.8. The number of rotatable bonds is 6. The first-order valence-corrected chi connectivity index (χ1v) is 22.3. The molecule has 0 unspecified atom stereocenters. The van der Waals surface area contributed by atoms with Gasteiger partial charge in [-0.3, -0.25) is 0 Å². The van der Waals surface area contributed by atoms with Gasteiger partial charge in [-0.15, -0.1) is 11.3 Å². The number of benzene rings is 9. The Hall–Kier alpha value is -8.25. The Bertz CT molecular complexity index is 3930. The minimum atomic E-state index is 0.691. The highest BCUT2D eigenvalue weighted by atomic mass is 32.1. The van der Waals surface area contributed by atoms with E-state index in [1.165, 1.54) is 31.3 Å². The van der Waals surface area contributed by atoms with Crippen LogP contribution in [0.5, 0.6) is 0 Å². The van der Waals surface area contributed by atoms with Crippen molar-refractivity contribution >= 4 is 75.1 Å². The molecular formula is C59H35N3OS. The van der Waals surface area contributed by atoms with E-state index in [0.29, 0.717) is 5.82 Å². The maximum Gasteiger partial charge on any atom is 0.160 e. The van der Waals surface area contributed by atoms with Gasteiger partial charge in [-0.2, -0.15) is 0 Å². The van der Waals surface area contributed by atoms with E-state index in [1.54, 1.807) is 0 Å². The molecule has 0 aliphatic rings. The van der Waals surface area contributed by atoms with Gasteiger partial charge in [0.1, 0.15) is 11.2 Å². The van der Waals surface area contributed by atoms with Gasteiger partial charge in [-0.1, -0.05) is 182 Å². The van der Waals surface area contributed by atoms with E-state index in [-0.39, 0.29) is 0 Å². The zero-order valence-electron chi connectivity index (χ0n) is 34.4. The predicted octanol–water partition coefficient (Wildman–Crippen LogP) is 16.4. The van der Waals surface area contributed by atoms with Crippen molar-refractivity contribution in [3.8, 4) is 67.4 Å². The van der Waals surface area contributed by atoms with Crippen molar-refractivity contribution in [2.75, 3.05) is 0 Å². The summed E-state index contributed by atoms with van der Waals surface area (Å²) in [4.78, 5) is 15.8. The molecule has 9 aromatic carbocycles. The monoisotopic (exact) mass is 833 g/mol. The molecule has 298 valence electrons. The van der Waals surface area contributed by atoms with Crippen LogP contribution in [0.2, 0.25) is 0 Å². The summed E-state index contributed by atoms with van der Waals surface area (Å²) >= 11 is 1.81. The van der Waals surface area contributed by atoms with Gasteiger partial charge in [0.15, 0.2) is 5.82 Å². The van der Waals surface area contributed by atoms with Gasteiger partial charge >= 0.3 is 0 Å². The van der Waals surface area contributed by atoms with E-state index in [9.17, 15) is 0 Å². The lowest BCUT2D eigenvalue weighted by atomic mass is 9.89. The Morgan fingerprint density at radius 2 is 0.969 bits per heavy atom. The third-order valence-electron chi connectivity index (χ3n) is 12.5. The van der Waals surface area contributed by atoms with Crippen LogP contribution in [0.1, 0.15) is 0 Å². The molecule has 0 spiro atoms. The van der Waals surface area contributed by atoms with Crippen LogP contribution in [0.3, 0.4) is 0 Å². The van der Waals surface area contributed by atoms with E-state index in [4.69, 9.17) is 19.4 Å². The topological polar surface area (TPSA) is 51.8 Å². The van der Waals surface area contributed by atoms with E-state index in [1.807, 2.05) is 35.6 Å². The number of nitrogens with zero attached hydrogens (tertiary/aromatic N) is 3. The van der Waals surface area contributed by atoms with Gasteiger partial charge in [-0.05, 0) is 47.0 Å².